The summed E-state index contributed by atoms with van der Waals surface area (Å²) in [7, 11) is 0. The highest BCUT2D eigenvalue weighted by Crippen LogP contribution is 2.01. The number of alkyl halides is 2. The number of hydrogen-bond acceptors (Lipinski definition) is 3. The second-order valence-corrected chi connectivity index (χ2v) is 3.56. The van der Waals surface area contributed by atoms with Gasteiger partial charge in [-0.2, -0.15) is 0 Å². The number of halogens is 2. The summed E-state index contributed by atoms with van der Waals surface area (Å²) in [5, 5.41) is 3.27. The monoisotopic (exact) mass is 208 g/mol. The molecule has 1 saturated heterocycles. The van der Waals surface area contributed by atoms with Crippen molar-refractivity contribution in [2.24, 2.45) is 0 Å². The molecule has 0 spiro atoms. The normalized spacial score (nSPS) is 24.4. The molecule has 1 rings (SSSR count). The van der Waals surface area contributed by atoms with Crippen molar-refractivity contribution in [2.45, 2.75) is 19.4 Å². The fourth-order valence-corrected chi connectivity index (χ4v) is 1.57. The third-order valence-corrected chi connectivity index (χ3v) is 2.41. The minimum Gasteiger partial charge on any atom is -0.374 e. The molecule has 1 unspecified atom stereocenters. The molecule has 1 aliphatic rings. The lowest BCUT2D eigenvalue weighted by molar-refractivity contribution is 0.00487. The van der Waals surface area contributed by atoms with Crippen molar-refractivity contribution in [3.8, 4) is 0 Å². The van der Waals surface area contributed by atoms with Crippen LogP contribution in [0.1, 0.15) is 6.92 Å². The van der Waals surface area contributed by atoms with E-state index in [-0.39, 0.29) is 0 Å². The quantitative estimate of drug-likeness (QED) is 0.668. The summed E-state index contributed by atoms with van der Waals surface area (Å²) in [5.41, 5.74) is 0. The molecule has 1 fully saturated rings. The maximum Gasteiger partial charge on any atom is 0.261 e. The molecule has 5 heteroatoms. The van der Waals surface area contributed by atoms with Crippen LogP contribution in [-0.2, 0) is 4.74 Å². The Bertz CT molecular complexity index is 158. The van der Waals surface area contributed by atoms with E-state index in [1.807, 2.05) is 0 Å². The number of piperazine rings is 1. The van der Waals surface area contributed by atoms with Crippen LogP contribution in [0.4, 0.5) is 8.78 Å². The highest BCUT2D eigenvalue weighted by molar-refractivity contribution is 4.75. The van der Waals surface area contributed by atoms with E-state index >= 15 is 0 Å². The molecule has 1 heterocycles. The third-order valence-electron chi connectivity index (χ3n) is 2.41. The van der Waals surface area contributed by atoms with Crippen molar-refractivity contribution in [1.82, 2.24) is 10.2 Å². The fraction of sp³-hybridized carbons (Fsp3) is 1.00. The zero-order valence-electron chi connectivity index (χ0n) is 8.51. The number of nitrogens with one attached hydrogen (secondary N) is 1. The molecule has 0 amide bonds. The molecule has 0 bridgehead atoms. The Hall–Kier alpha value is -0.260. The first kappa shape index (κ1) is 11.8. The topological polar surface area (TPSA) is 24.5 Å². The Morgan fingerprint density at radius 3 is 3.00 bits per heavy atom. The average molecular weight is 208 g/mol. The van der Waals surface area contributed by atoms with Gasteiger partial charge >= 0.3 is 0 Å². The lowest BCUT2D eigenvalue weighted by atomic mass is 10.2. The predicted molar refractivity (Wildman–Crippen MR) is 50.7 cm³/mol. The van der Waals surface area contributed by atoms with Crippen LogP contribution in [0.25, 0.3) is 0 Å². The summed E-state index contributed by atoms with van der Waals surface area (Å²) in [6.45, 7) is 5.73. The van der Waals surface area contributed by atoms with E-state index in [0.717, 1.165) is 26.2 Å². The van der Waals surface area contributed by atoms with Gasteiger partial charge in [0.15, 0.2) is 0 Å². The van der Waals surface area contributed by atoms with Gasteiger partial charge in [-0.15, -0.1) is 0 Å². The van der Waals surface area contributed by atoms with E-state index in [4.69, 9.17) is 4.74 Å². The summed E-state index contributed by atoms with van der Waals surface area (Å²) >= 11 is 0. The van der Waals surface area contributed by atoms with Crippen LogP contribution >= 0.6 is 0 Å². The first-order valence-electron chi connectivity index (χ1n) is 5.01. The first-order chi connectivity index (χ1) is 6.70. The summed E-state index contributed by atoms with van der Waals surface area (Å²) < 4.78 is 28.3. The second kappa shape index (κ2) is 6.27. The van der Waals surface area contributed by atoms with Crippen molar-refractivity contribution < 1.29 is 13.5 Å². The van der Waals surface area contributed by atoms with Crippen LogP contribution in [0.3, 0.4) is 0 Å². The molecule has 14 heavy (non-hydrogen) atoms. The molecule has 0 aliphatic carbocycles. The van der Waals surface area contributed by atoms with Crippen molar-refractivity contribution in [2.75, 3.05) is 39.4 Å². The number of hydrogen-bond donors (Lipinski definition) is 1. The Morgan fingerprint density at radius 2 is 2.36 bits per heavy atom. The maximum absolute atomic E-state index is 11.7. The van der Waals surface area contributed by atoms with Gasteiger partial charge in [0.2, 0.25) is 0 Å². The van der Waals surface area contributed by atoms with Gasteiger partial charge in [0.1, 0.15) is 6.61 Å². The zero-order chi connectivity index (χ0) is 10.4. The van der Waals surface area contributed by atoms with Gasteiger partial charge in [-0.1, -0.05) is 0 Å². The standard InChI is InChI=1S/C9H18F2N2O/c1-8-6-12-2-3-13(8)4-5-14-7-9(10)11/h8-9,12H,2-7H2,1H3. The van der Waals surface area contributed by atoms with Gasteiger partial charge in [0.25, 0.3) is 6.43 Å². The van der Waals surface area contributed by atoms with Gasteiger partial charge in [0, 0.05) is 32.2 Å². The summed E-state index contributed by atoms with van der Waals surface area (Å²) in [4.78, 5) is 2.25. The molecule has 0 aromatic carbocycles. The SMILES string of the molecule is CC1CNCCN1CCOCC(F)F. The largest absolute Gasteiger partial charge is 0.374 e. The van der Waals surface area contributed by atoms with Crippen LogP contribution < -0.4 is 5.32 Å². The van der Waals surface area contributed by atoms with E-state index in [9.17, 15) is 8.78 Å². The van der Waals surface area contributed by atoms with Gasteiger partial charge in [-0.25, -0.2) is 8.78 Å². The predicted octanol–water partition coefficient (Wildman–Crippen LogP) is 0.562. The molecule has 1 atom stereocenters. The zero-order valence-corrected chi connectivity index (χ0v) is 8.51. The molecule has 3 nitrogen and oxygen atoms in total. The van der Waals surface area contributed by atoms with E-state index in [2.05, 4.69) is 17.1 Å². The van der Waals surface area contributed by atoms with E-state index in [1.54, 1.807) is 0 Å². The summed E-state index contributed by atoms with van der Waals surface area (Å²) in [6, 6.07) is 0.471. The van der Waals surface area contributed by atoms with Crippen LogP contribution in [0, 0.1) is 0 Å². The Morgan fingerprint density at radius 1 is 1.57 bits per heavy atom. The Kier molecular flexibility index (Phi) is 5.29. The lowest BCUT2D eigenvalue weighted by Gasteiger charge is -2.33. The van der Waals surface area contributed by atoms with Crippen LogP contribution in [0.2, 0.25) is 0 Å². The fourth-order valence-electron chi connectivity index (χ4n) is 1.57. The molecule has 0 aromatic rings. The van der Waals surface area contributed by atoms with Gasteiger partial charge < -0.3 is 10.1 Å². The lowest BCUT2D eigenvalue weighted by Crippen LogP contribution is -2.50. The highest BCUT2D eigenvalue weighted by Gasteiger charge is 2.16. The van der Waals surface area contributed by atoms with Crippen LogP contribution in [-0.4, -0.2) is 56.8 Å². The van der Waals surface area contributed by atoms with Gasteiger partial charge in [0.05, 0.1) is 6.61 Å². The number of ether oxygens (including phenoxy) is 1. The molecule has 0 saturated carbocycles. The molecule has 0 aromatic heterocycles. The van der Waals surface area contributed by atoms with Crippen LogP contribution in [0.15, 0.2) is 0 Å². The molecular weight excluding hydrogens is 190 g/mol. The Labute approximate surface area is 83.4 Å². The minimum absolute atomic E-state index is 0.397. The number of nitrogens with zero attached hydrogens (tertiary/aromatic N) is 1. The maximum atomic E-state index is 11.7. The third kappa shape index (κ3) is 4.30. The van der Waals surface area contributed by atoms with Crippen molar-refractivity contribution in [3.05, 3.63) is 0 Å². The molecular formula is C9H18F2N2O. The van der Waals surface area contributed by atoms with E-state index in [0.29, 0.717) is 12.6 Å². The van der Waals surface area contributed by atoms with Crippen molar-refractivity contribution >= 4 is 0 Å². The first-order valence-corrected chi connectivity index (χ1v) is 5.01. The van der Waals surface area contributed by atoms with Gasteiger partial charge in [-0.05, 0) is 6.92 Å². The van der Waals surface area contributed by atoms with Crippen molar-refractivity contribution in [3.63, 3.8) is 0 Å². The smallest absolute Gasteiger partial charge is 0.261 e. The molecule has 1 aliphatic heterocycles. The minimum atomic E-state index is -2.35. The van der Waals surface area contributed by atoms with E-state index < -0.39 is 13.0 Å². The average Bonchev–Trinajstić information content (AvgIpc) is 2.15. The molecule has 0 radical (unpaired) electrons. The van der Waals surface area contributed by atoms with Gasteiger partial charge in [-0.3, -0.25) is 4.90 Å². The Balaban J connectivity index is 2.04. The number of rotatable bonds is 5. The second-order valence-electron chi connectivity index (χ2n) is 3.56. The molecule has 1 N–H and O–H groups in total. The summed E-state index contributed by atoms with van der Waals surface area (Å²) in [6.07, 6.45) is -2.35. The van der Waals surface area contributed by atoms with Crippen LogP contribution in [0.5, 0.6) is 0 Å². The summed E-state index contributed by atoms with van der Waals surface area (Å²) in [5.74, 6) is 0. The highest BCUT2D eigenvalue weighted by atomic mass is 19.3. The van der Waals surface area contributed by atoms with E-state index in [1.165, 1.54) is 0 Å². The van der Waals surface area contributed by atoms with Crippen molar-refractivity contribution in [1.29, 1.82) is 0 Å². The molecule has 84 valence electrons.